The van der Waals surface area contributed by atoms with Crippen molar-refractivity contribution < 1.29 is 4.74 Å². The van der Waals surface area contributed by atoms with E-state index in [2.05, 4.69) is 59.4 Å². The van der Waals surface area contributed by atoms with Crippen molar-refractivity contribution in [3.05, 3.63) is 57.6 Å². The van der Waals surface area contributed by atoms with E-state index in [1.807, 2.05) is 12.1 Å². The van der Waals surface area contributed by atoms with E-state index in [9.17, 15) is 0 Å². The molecule has 0 aliphatic heterocycles. The van der Waals surface area contributed by atoms with Gasteiger partial charge in [-0.3, -0.25) is 0 Å². The average molecular weight is 346 g/mol. The van der Waals surface area contributed by atoms with E-state index < -0.39 is 0 Å². The first-order chi connectivity index (χ1) is 10.1. The van der Waals surface area contributed by atoms with Gasteiger partial charge in [0.15, 0.2) is 0 Å². The molecule has 1 aliphatic rings. The van der Waals surface area contributed by atoms with Gasteiger partial charge in [0, 0.05) is 12.6 Å². The first-order valence-electron chi connectivity index (χ1n) is 7.39. The first-order valence-corrected chi connectivity index (χ1v) is 8.18. The van der Waals surface area contributed by atoms with Gasteiger partial charge in [0.2, 0.25) is 0 Å². The second-order valence-corrected chi connectivity index (χ2v) is 6.63. The van der Waals surface area contributed by atoms with E-state index in [4.69, 9.17) is 4.74 Å². The number of ether oxygens (including phenoxy) is 1. The summed E-state index contributed by atoms with van der Waals surface area (Å²) in [6, 6.07) is 13.2. The monoisotopic (exact) mass is 345 g/mol. The van der Waals surface area contributed by atoms with Crippen LogP contribution in [0.3, 0.4) is 0 Å². The van der Waals surface area contributed by atoms with Crippen LogP contribution in [-0.4, -0.2) is 6.04 Å². The van der Waals surface area contributed by atoms with Gasteiger partial charge >= 0.3 is 0 Å². The minimum absolute atomic E-state index is 0.740. The van der Waals surface area contributed by atoms with E-state index in [-0.39, 0.29) is 0 Å². The highest BCUT2D eigenvalue weighted by atomic mass is 79.9. The summed E-state index contributed by atoms with van der Waals surface area (Å²) in [6.07, 6.45) is 2.64. The van der Waals surface area contributed by atoms with Crippen LogP contribution in [0.2, 0.25) is 0 Å². The highest BCUT2D eigenvalue weighted by Gasteiger charge is 2.20. The fourth-order valence-corrected chi connectivity index (χ4v) is 2.86. The lowest BCUT2D eigenvalue weighted by Gasteiger charge is -2.12. The van der Waals surface area contributed by atoms with E-state index in [1.54, 1.807) is 0 Å². The van der Waals surface area contributed by atoms with Crippen molar-refractivity contribution >= 4 is 15.9 Å². The number of aryl methyl sites for hydroxylation is 2. The molecule has 0 unspecified atom stereocenters. The zero-order chi connectivity index (χ0) is 14.8. The van der Waals surface area contributed by atoms with Gasteiger partial charge in [-0.25, -0.2) is 0 Å². The second kappa shape index (κ2) is 6.20. The fraction of sp³-hybridized carbons (Fsp3) is 0.333. The van der Waals surface area contributed by atoms with E-state index in [0.717, 1.165) is 28.6 Å². The maximum Gasteiger partial charge on any atom is 0.141 e. The molecule has 1 saturated carbocycles. The van der Waals surface area contributed by atoms with Gasteiger partial charge in [-0.1, -0.05) is 12.1 Å². The van der Waals surface area contributed by atoms with Gasteiger partial charge in [0.1, 0.15) is 11.5 Å². The molecule has 2 aromatic rings. The first kappa shape index (κ1) is 14.6. The van der Waals surface area contributed by atoms with Crippen molar-refractivity contribution in [3.8, 4) is 11.5 Å². The van der Waals surface area contributed by atoms with Crippen LogP contribution < -0.4 is 10.1 Å². The molecule has 21 heavy (non-hydrogen) atoms. The zero-order valence-corrected chi connectivity index (χ0v) is 14.0. The number of hydrogen-bond donors (Lipinski definition) is 1. The van der Waals surface area contributed by atoms with Crippen LogP contribution in [0.1, 0.15) is 29.5 Å². The van der Waals surface area contributed by atoms with Gasteiger partial charge in [-0.2, -0.15) is 0 Å². The third kappa shape index (κ3) is 3.86. The van der Waals surface area contributed by atoms with Gasteiger partial charge in [0.25, 0.3) is 0 Å². The summed E-state index contributed by atoms with van der Waals surface area (Å²) < 4.78 is 6.96. The molecular weight excluding hydrogens is 326 g/mol. The smallest absolute Gasteiger partial charge is 0.141 e. The Kier molecular flexibility index (Phi) is 4.32. The summed E-state index contributed by atoms with van der Waals surface area (Å²) >= 11 is 3.55. The number of benzene rings is 2. The Bertz CT molecular complexity index is 650. The third-order valence-electron chi connectivity index (χ3n) is 3.79. The van der Waals surface area contributed by atoms with Crippen molar-refractivity contribution in [1.82, 2.24) is 5.32 Å². The summed E-state index contributed by atoms with van der Waals surface area (Å²) in [5, 5.41) is 3.55. The molecule has 1 fully saturated rings. The van der Waals surface area contributed by atoms with E-state index in [1.165, 1.54) is 29.5 Å². The van der Waals surface area contributed by atoms with Gasteiger partial charge in [0.05, 0.1) is 4.47 Å². The Balaban J connectivity index is 1.71. The number of halogens is 1. The predicted molar refractivity (Wildman–Crippen MR) is 90.0 cm³/mol. The van der Waals surface area contributed by atoms with Crippen molar-refractivity contribution in [2.24, 2.45) is 0 Å². The molecule has 0 bridgehead atoms. The van der Waals surface area contributed by atoms with Gasteiger partial charge in [-0.15, -0.1) is 0 Å². The average Bonchev–Trinajstić information content (AvgIpc) is 3.25. The maximum atomic E-state index is 5.97. The molecule has 0 amide bonds. The van der Waals surface area contributed by atoms with Gasteiger partial charge < -0.3 is 10.1 Å². The molecule has 2 aromatic carbocycles. The molecule has 0 atom stereocenters. The topological polar surface area (TPSA) is 21.3 Å². The second-order valence-electron chi connectivity index (χ2n) is 5.78. The van der Waals surface area contributed by atoms with Crippen molar-refractivity contribution in [2.75, 3.05) is 0 Å². The quantitative estimate of drug-likeness (QED) is 0.812. The van der Waals surface area contributed by atoms with Crippen LogP contribution in [0.4, 0.5) is 0 Å². The largest absolute Gasteiger partial charge is 0.456 e. The molecule has 1 aliphatic carbocycles. The molecular formula is C18H20BrNO. The van der Waals surface area contributed by atoms with Crippen molar-refractivity contribution in [1.29, 1.82) is 0 Å². The summed E-state index contributed by atoms with van der Waals surface area (Å²) in [7, 11) is 0. The maximum absolute atomic E-state index is 5.97. The van der Waals surface area contributed by atoms with Crippen LogP contribution in [0.25, 0.3) is 0 Å². The van der Waals surface area contributed by atoms with Crippen LogP contribution in [0.15, 0.2) is 40.9 Å². The minimum Gasteiger partial charge on any atom is -0.456 e. The lowest BCUT2D eigenvalue weighted by molar-refractivity contribution is 0.478. The molecule has 0 saturated heterocycles. The summed E-state index contributed by atoms with van der Waals surface area (Å²) in [5.74, 6) is 1.73. The molecule has 0 heterocycles. The molecule has 0 radical (unpaired) electrons. The number of hydrogen-bond acceptors (Lipinski definition) is 2. The molecule has 3 rings (SSSR count). The van der Waals surface area contributed by atoms with E-state index >= 15 is 0 Å². The van der Waals surface area contributed by atoms with Crippen LogP contribution in [0.5, 0.6) is 11.5 Å². The Hall–Kier alpha value is -1.32. The van der Waals surface area contributed by atoms with Gasteiger partial charge in [-0.05, 0) is 83.6 Å². The SMILES string of the molecule is Cc1ccc(Oc2ccc(CNC3CC3)c(C)c2)c(Br)c1. The molecule has 0 aromatic heterocycles. The molecule has 2 nitrogen and oxygen atoms in total. The fourth-order valence-electron chi connectivity index (χ4n) is 2.29. The zero-order valence-electron chi connectivity index (χ0n) is 12.4. The van der Waals surface area contributed by atoms with Crippen LogP contribution in [-0.2, 0) is 6.54 Å². The summed E-state index contributed by atoms with van der Waals surface area (Å²) in [5.41, 5.74) is 3.83. The lowest BCUT2D eigenvalue weighted by atomic mass is 10.1. The highest BCUT2D eigenvalue weighted by Crippen LogP contribution is 2.31. The number of nitrogens with one attached hydrogen (secondary N) is 1. The van der Waals surface area contributed by atoms with Crippen LogP contribution >= 0.6 is 15.9 Å². The molecule has 110 valence electrons. The molecule has 3 heteroatoms. The van der Waals surface area contributed by atoms with Crippen molar-refractivity contribution in [2.45, 2.75) is 39.3 Å². The standard InChI is InChI=1S/C18H20BrNO/c1-12-3-8-18(17(19)9-12)21-16-7-4-14(13(2)10-16)11-20-15-5-6-15/h3-4,7-10,15,20H,5-6,11H2,1-2H3. The Morgan fingerprint density at radius 3 is 2.62 bits per heavy atom. The summed E-state index contributed by atoms with van der Waals surface area (Å²) in [4.78, 5) is 0. The lowest BCUT2D eigenvalue weighted by Crippen LogP contribution is -2.15. The Labute approximate surface area is 134 Å². The highest BCUT2D eigenvalue weighted by molar-refractivity contribution is 9.10. The molecule has 0 spiro atoms. The van der Waals surface area contributed by atoms with Crippen molar-refractivity contribution in [3.63, 3.8) is 0 Å². The molecule has 1 N–H and O–H groups in total. The Morgan fingerprint density at radius 1 is 1.14 bits per heavy atom. The summed E-state index contributed by atoms with van der Waals surface area (Å²) in [6.45, 7) is 5.16. The van der Waals surface area contributed by atoms with Crippen LogP contribution in [0, 0.1) is 13.8 Å². The third-order valence-corrected chi connectivity index (χ3v) is 4.41. The Morgan fingerprint density at radius 2 is 1.95 bits per heavy atom. The number of rotatable bonds is 5. The van der Waals surface area contributed by atoms with E-state index in [0.29, 0.717) is 0 Å². The predicted octanol–water partition coefficient (Wildman–Crippen LogP) is 5.11. The normalized spacial score (nSPS) is 14.2. The minimum atomic E-state index is 0.740.